The van der Waals surface area contributed by atoms with Crippen molar-refractivity contribution in [3.8, 4) is 0 Å². The van der Waals surface area contributed by atoms with Crippen molar-refractivity contribution in [3.63, 3.8) is 0 Å². The number of hydrogen-bond donors (Lipinski definition) is 0. The molecule has 2 nitrogen and oxygen atoms in total. The SMILES string of the molecule is C/C=C(\CCC)C(=NC)c1ccccn1.C=CC.C=CC. The fourth-order valence-electron chi connectivity index (χ4n) is 1.59. The van der Waals surface area contributed by atoms with E-state index in [9.17, 15) is 0 Å². The summed E-state index contributed by atoms with van der Waals surface area (Å²) in [6.45, 7) is 14.7. The molecular formula is C19H30N2. The maximum absolute atomic E-state index is 4.33. The molecule has 0 aliphatic carbocycles. The van der Waals surface area contributed by atoms with Gasteiger partial charge in [-0.2, -0.15) is 0 Å². The Morgan fingerprint density at radius 1 is 1.19 bits per heavy atom. The van der Waals surface area contributed by atoms with Gasteiger partial charge in [0.2, 0.25) is 0 Å². The highest BCUT2D eigenvalue weighted by Crippen LogP contribution is 2.12. The van der Waals surface area contributed by atoms with Crippen LogP contribution >= 0.6 is 0 Å². The van der Waals surface area contributed by atoms with Gasteiger partial charge < -0.3 is 0 Å². The zero-order valence-corrected chi connectivity index (χ0v) is 14.3. The first-order chi connectivity index (χ1) is 10.2. The summed E-state index contributed by atoms with van der Waals surface area (Å²) in [7, 11) is 1.82. The van der Waals surface area contributed by atoms with Crippen molar-refractivity contribution in [2.45, 2.75) is 40.5 Å². The van der Waals surface area contributed by atoms with E-state index < -0.39 is 0 Å². The average Bonchev–Trinajstić information content (AvgIpc) is 2.50. The highest BCUT2D eigenvalue weighted by Gasteiger charge is 2.08. The second-order valence-corrected chi connectivity index (χ2v) is 4.17. The molecular weight excluding hydrogens is 256 g/mol. The van der Waals surface area contributed by atoms with Gasteiger partial charge in [0.1, 0.15) is 0 Å². The molecule has 0 bridgehead atoms. The van der Waals surface area contributed by atoms with Gasteiger partial charge >= 0.3 is 0 Å². The largest absolute Gasteiger partial charge is 0.286 e. The highest BCUT2D eigenvalue weighted by molar-refractivity contribution is 6.11. The van der Waals surface area contributed by atoms with Crippen molar-refractivity contribution in [2.24, 2.45) is 4.99 Å². The maximum Gasteiger partial charge on any atom is 0.0884 e. The summed E-state index contributed by atoms with van der Waals surface area (Å²) in [5, 5.41) is 0. The zero-order valence-electron chi connectivity index (χ0n) is 14.3. The van der Waals surface area contributed by atoms with E-state index in [1.54, 1.807) is 18.3 Å². The summed E-state index contributed by atoms with van der Waals surface area (Å²) in [5.74, 6) is 0. The molecule has 21 heavy (non-hydrogen) atoms. The second-order valence-electron chi connectivity index (χ2n) is 4.17. The molecule has 1 aromatic heterocycles. The molecule has 0 saturated heterocycles. The van der Waals surface area contributed by atoms with Gasteiger partial charge in [0.15, 0.2) is 0 Å². The molecule has 0 aliphatic rings. The fraction of sp³-hybridized carbons (Fsp3) is 0.368. The van der Waals surface area contributed by atoms with Gasteiger partial charge in [-0.25, -0.2) is 0 Å². The average molecular weight is 286 g/mol. The van der Waals surface area contributed by atoms with Crippen molar-refractivity contribution in [1.29, 1.82) is 0 Å². The smallest absolute Gasteiger partial charge is 0.0884 e. The van der Waals surface area contributed by atoms with Crippen molar-refractivity contribution in [1.82, 2.24) is 4.98 Å². The molecule has 2 heteroatoms. The summed E-state index contributed by atoms with van der Waals surface area (Å²) < 4.78 is 0. The predicted octanol–water partition coefficient (Wildman–Crippen LogP) is 5.63. The predicted molar refractivity (Wildman–Crippen MR) is 97.1 cm³/mol. The molecule has 1 aromatic rings. The Labute approximate surface area is 131 Å². The van der Waals surface area contributed by atoms with E-state index in [4.69, 9.17) is 0 Å². The lowest BCUT2D eigenvalue weighted by atomic mass is 10.0. The van der Waals surface area contributed by atoms with Crippen LogP contribution in [0.15, 0.2) is 66.3 Å². The van der Waals surface area contributed by atoms with Gasteiger partial charge in [0, 0.05) is 13.2 Å². The number of rotatable bonds is 4. The van der Waals surface area contributed by atoms with Crippen LogP contribution in [0.2, 0.25) is 0 Å². The first-order valence-corrected chi connectivity index (χ1v) is 7.34. The Bertz CT molecular complexity index is 422. The standard InChI is InChI=1S/C13H18N2.2C3H6/c1-4-8-11(5-2)13(14-3)12-9-6-7-10-15-12;2*1-3-2/h5-7,9-10H,4,8H2,1-3H3;2*3H,1H2,2H3/b11-5+,14-13?;;. The minimum atomic E-state index is 0.960. The van der Waals surface area contributed by atoms with Gasteiger partial charge in [-0.05, 0) is 44.9 Å². The van der Waals surface area contributed by atoms with E-state index in [0.29, 0.717) is 0 Å². The molecule has 0 amide bonds. The molecule has 0 fully saturated rings. The van der Waals surface area contributed by atoms with E-state index in [0.717, 1.165) is 24.2 Å². The van der Waals surface area contributed by atoms with Gasteiger partial charge in [0.05, 0.1) is 11.4 Å². The van der Waals surface area contributed by atoms with Crippen LogP contribution < -0.4 is 0 Å². The van der Waals surface area contributed by atoms with E-state index in [-0.39, 0.29) is 0 Å². The molecule has 0 aliphatic heterocycles. The van der Waals surface area contributed by atoms with Crippen LogP contribution in [0.5, 0.6) is 0 Å². The molecule has 0 spiro atoms. The summed E-state index contributed by atoms with van der Waals surface area (Å²) in [4.78, 5) is 8.66. The lowest BCUT2D eigenvalue weighted by molar-refractivity contribution is 0.931. The first-order valence-electron chi connectivity index (χ1n) is 7.34. The van der Waals surface area contributed by atoms with E-state index in [1.165, 1.54) is 5.57 Å². The first kappa shape index (κ1) is 21.3. The number of aliphatic imine (C=N–C) groups is 1. The van der Waals surface area contributed by atoms with Gasteiger partial charge in [0.25, 0.3) is 0 Å². The Kier molecular flexibility index (Phi) is 16.4. The number of hydrogen-bond acceptors (Lipinski definition) is 2. The van der Waals surface area contributed by atoms with Crippen LogP contribution in [-0.2, 0) is 0 Å². The Morgan fingerprint density at radius 3 is 2.10 bits per heavy atom. The maximum atomic E-state index is 4.33. The normalized spacial score (nSPS) is 10.5. The molecule has 0 atom stereocenters. The minimum absolute atomic E-state index is 0.960. The molecule has 0 aromatic carbocycles. The highest BCUT2D eigenvalue weighted by atomic mass is 14.8. The number of nitrogens with zero attached hydrogens (tertiary/aromatic N) is 2. The van der Waals surface area contributed by atoms with E-state index in [1.807, 2.05) is 39.1 Å². The summed E-state index contributed by atoms with van der Waals surface area (Å²) in [6.07, 6.45) is 9.62. The summed E-state index contributed by atoms with van der Waals surface area (Å²) in [5.41, 5.74) is 3.25. The van der Waals surface area contributed by atoms with Crippen molar-refractivity contribution in [2.75, 3.05) is 7.05 Å². The third-order valence-corrected chi connectivity index (χ3v) is 2.30. The van der Waals surface area contributed by atoms with Gasteiger partial charge in [-0.3, -0.25) is 9.98 Å². The van der Waals surface area contributed by atoms with E-state index in [2.05, 4.69) is 43.1 Å². The second kappa shape index (κ2) is 16.1. The minimum Gasteiger partial charge on any atom is -0.286 e. The van der Waals surface area contributed by atoms with Crippen molar-refractivity contribution >= 4 is 5.71 Å². The van der Waals surface area contributed by atoms with Crippen LogP contribution in [0.1, 0.15) is 46.2 Å². The zero-order chi connectivity index (χ0) is 16.5. The number of pyridine rings is 1. The quantitative estimate of drug-likeness (QED) is 0.520. The Hall–Kier alpha value is -1.96. The Morgan fingerprint density at radius 2 is 1.76 bits per heavy atom. The lowest BCUT2D eigenvalue weighted by Crippen LogP contribution is -2.07. The Balaban J connectivity index is 0. The summed E-state index contributed by atoms with van der Waals surface area (Å²) >= 11 is 0. The molecule has 0 radical (unpaired) electrons. The topological polar surface area (TPSA) is 25.2 Å². The lowest BCUT2D eigenvalue weighted by Gasteiger charge is -2.08. The van der Waals surface area contributed by atoms with Crippen LogP contribution in [-0.4, -0.2) is 17.7 Å². The molecule has 1 rings (SSSR count). The molecule has 0 N–H and O–H groups in total. The van der Waals surface area contributed by atoms with Crippen LogP contribution in [0.3, 0.4) is 0 Å². The fourth-order valence-corrected chi connectivity index (χ4v) is 1.59. The van der Waals surface area contributed by atoms with Gasteiger partial charge in [-0.15, -0.1) is 13.2 Å². The molecule has 116 valence electrons. The third-order valence-electron chi connectivity index (χ3n) is 2.30. The molecule has 0 saturated carbocycles. The van der Waals surface area contributed by atoms with Crippen molar-refractivity contribution < 1.29 is 0 Å². The summed E-state index contributed by atoms with van der Waals surface area (Å²) in [6, 6.07) is 5.92. The number of aromatic nitrogens is 1. The van der Waals surface area contributed by atoms with Crippen LogP contribution in [0, 0.1) is 0 Å². The van der Waals surface area contributed by atoms with Crippen LogP contribution in [0.4, 0.5) is 0 Å². The van der Waals surface area contributed by atoms with Crippen molar-refractivity contribution in [3.05, 3.63) is 67.0 Å². The van der Waals surface area contributed by atoms with E-state index >= 15 is 0 Å². The molecule has 0 unspecified atom stereocenters. The third kappa shape index (κ3) is 10.5. The monoisotopic (exact) mass is 286 g/mol. The van der Waals surface area contributed by atoms with Crippen LogP contribution in [0.25, 0.3) is 0 Å². The van der Waals surface area contributed by atoms with Gasteiger partial charge in [-0.1, -0.05) is 37.6 Å². The molecule has 1 heterocycles. The number of allylic oxidation sites excluding steroid dienone is 4.